The standard InChI is InChI=1S/C23H31FN4O/c1-4-18-16-9-10-23(2,3)13-20(16)28(27-18)15-11-17(24)21(22(25)29)19(12-15)26-14-7-5-6-8-14/h11-12,14,26H,4-10,13H2,1-3H3,(H2,25,29). The molecule has 0 atom stereocenters. The lowest BCUT2D eigenvalue weighted by Gasteiger charge is -2.30. The molecular formula is C23H31FN4O. The zero-order valence-electron chi connectivity index (χ0n) is 17.6. The molecule has 0 bridgehead atoms. The second-order valence-electron chi connectivity index (χ2n) is 9.32. The molecule has 5 nitrogen and oxygen atoms in total. The number of primary amides is 1. The smallest absolute Gasteiger partial charge is 0.253 e. The fourth-order valence-corrected chi connectivity index (χ4v) is 4.88. The number of carbonyl (C=O) groups excluding carboxylic acids is 1. The van der Waals surface area contributed by atoms with Crippen LogP contribution in [0.4, 0.5) is 10.1 Å². The number of halogens is 1. The summed E-state index contributed by atoms with van der Waals surface area (Å²) in [5, 5.41) is 8.22. The topological polar surface area (TPSA) is 72.9 Å². The average Bonchev–Trinajstić information content (AvgIpc) is 3.27. The third-order valence-electron chi connectivity index (χ3n) is 6.49. The molecule has 29 heavy (non-hydrogen) atoms. The second kappa shape index (κ2) is 7.47. The number of amides is 1. The van der Waals surface area contributed by atoms with Crippen molar-refractivity contribution in [1.29, 1.82) is 0 Å². The van der Waals surface area contributed by atoms with Crippen molar-refractivity contribution >= 4 is 11.6 Å². The summed E-state index contributed by atoms with van der Waals surface area (Å²) in [6, 6.07) is 3.49. The van der Waals surface area contributed by atoms with E-state index in [1.807, 2.05) is 10.7 Å². The van der Waals surface area contributed by atoms with Crippen LogP contribution in [0.25, 0.3) is 5.69 Å². The maximum absolute atomic E-state index is 15.0. The van der Waals surface area contributed by atoms with Gasteiger partial charge in [-0.3, -0.25) is 4.79 Å². The lowest BCUT2D eigenvalue weighted by Crippen LogP contribution is -2.24. The fraction of sp³-hybridized carbons (Fsp3) is 0.565. The Labute approximate surface area is 171 Å². The SMILES string of the molecule is CCc1nn(-c2cc(F)c(C(N)=O)c(NC3CCCC3)c2)c2c1CCC(C)(C)C2. The van der Waals surface area contributed by atoms with Crippen LogP contribution in [-0.2, 0) is 19.3 Å². The van der Waals surface area contributed by atoms with E-state index in [4.69, 9.17) is 10.8 Å². The van der Waals surface area contributed by atoms with Crippen molar-refractivity contribution < 1.29 is 9.18 Å². The Morgan fingerprint density at radius 1 is 1.34 bits per heavy atom. The van der Waals surface area contributed by atoms with Crippen LogP contribution in [0.3, 0.4) is 0 Å². The summed E-state index contributed by atoms with van der Waals surface area (Å²) in [5.74, 6) is -1.33. The van der Waals surface area contributed by atoms with Gasteiger partial charge in [0.1, 0.15) is 5.82 Å². The van der Waals surface area contributed by atoms with E-state index >= 15 is 4.39 Å². The van der Waals surface area contributed by atoms with Crippen LogP contribution in [0, 0.1) is 11.2 Å². The molecule has 0 spiro atoms. The number of fused-ring (bicyclic) bond motifs is 1. The van der Waals surface area contributed by atoms with Crippen LogP contribution in [-0.4, -0.2) is 21.7 Å². The highest BCUT2D eigenvalue weighted by Gasteiger charge is 2.31. The quantitative estimate of drug-likeness (QED) is 0.776. The number of aromatic nitrogens is 2. The van der Waals surface area contributed by atoms with Crippen LogP contribution >= 0.6 is 0 Å². The highest BCUT2D eigenvalue weighted by atomic mass is 19.1. The molecule has 0 aliphatic heterocycles. The third kappa shape index (κ3) is 3.77. The van der Waals surface area contributed by atoms with Gasteiger partial charge in [-0.25, -0.2) is 9.07 Å². The van der Waals surface area contributed by atoms with Crippen molar-refractivity contribution in [2.45, 2.75) is 78.2 Å². The van der Waals surface area contributed by atoms with Crippen molar-refractivity contribution in [3.8, 4) is 5.69 Å². The first-order valence-electron chi connectivity index (χ1n) is 10.8. The second-order valence-corrected chi connectivity index (χ2v) is 9.32. The Morgan fingerprint density at radius 3 is 2.72 bits per heavy atom. The van der Waals surface area contributed by atoms with Crippen molar-refractivity contribution in [1.82, 2.24) is 9.78 Å². The average molecular weight is 399 g/mol. The Kier molecular flexibility index (Phi) is 5.13. The van der Waals surface area contributed by atoms with Crippen LogP contribution in [0.5, 0.6) is 0 Å². The first-order chi connectivity index (χ1) is 13.8. The molecule has 2 aromatic rings. The molecule has 6 heteroatoms. The Balaban J connectivity index is 1.82. The number of nitrogens with zero attached hydrogens (tertiary/aromatic N) is 2. The summed E-state index contributed by atoms with van der Waals surface area (Å²) in [7, 11) is 0. The minimum absolute atomic E-state index is 0.0577. The summed E-state index contributed by atoms with van der Waals surface area (Å²) >= 11 is 0. The maximum Gasteiger partial charge on any atom is 0.253 e. The number of anilines is 1. The number of hydrogen-bond donors (Lipinski definition) is 2. The zero-order valence-corrected chi connectivity index (χ0v) is 17.6. The van der Waals surface area contributed by atoms with E-state index in [0.29, 0.717) is 11.4 Å². The molecule has 0 radical (unpaired) electrons. The molecular weight excluding hydrogens is 367 g/mol. The molecule has 0 unspecified atom stereocenters. The molecule has 3 N–H and O–H groups in total. The van der Waals surface area contributed by atoms with E-state index in [2.05, 4.69) is 26.1 Å². The molecule has 1 fully saturated rings. The van der Waals surface area contributed by atoms with Crippen molar-refractivity contribution in [2.24, 2.45) is 11.1 Å². The molecule has 4 rings (SSSR count). The number of nitrogens with one attached hydrogen (secondary N) is 1. The third-order valence-corrected chi connectivity index (χ3v) is 6.49. The van der Waals surface area contributed by atoms with E-state index in [1.54, 1.807) is 0 Å². The van der Waals surface area contributed by atoms with E-state index in [1.165, 1.54) is 11.6 Å². The van der Waals surface area contributed by atoms with Crippen LogP contribution < -0.4 is 11.1 Å². The van der Waals surface area contributed by atoms with E-state index in [0.717, 1.165) is 62.8 Å². The van der Waals surface area contributed by atoms with Crippen molar-refractivity contribution in [3.05, 3.63) is 40.5 Å². The lowest BCUT2D eigenvalue weighted by atomic mass is 9.76. The number of rotatable bonds is 5. The van der Waals surface area contributed by atoms with Gasteiger partial charge in [-0.2, -0.15) is 5.10 Å². The van der Waals surface area contributed by atoms with Crippen LogP contribution in [0.2, 0.25) is 0 Å². The largest absolute Gasteiger partial charge is 0.382 e. The summed E-state index contributed by atoms with van der Waals surface area (Å²) < 4.78 is 16.9. The number of hydrogen-bond acceptors (Lipinski definition) is 3. The predicted octanol–water partition coefficient (Wildman–Crippen LogP) is 4.54. The van der Waals surface area contributed by atoms with Gasteiger partial charge in [0.2, 0.25) is 0 Å². The van der Waals surface area contributed by atoms with Gasteiger partial charge < -0.3 is 11.1 Å². The molecule has 156 valence electrons. The zero-order chi connectivity index (χ0) is 20.8. The van der Waals surface area contributed by atoms with E-state index in [-0.39, 0.29) is 17.0 Å². The monoisotopic (exact) mass is 398 g/mol. The van der Waals surface area contributed by atoms with Gasteiger partial charge in [-0.15, -0.1) is 0 Å². The molecule has 0 saturated heterocycles. The lowest BCUT2D eigenvalue weighted by molar-refractivity contribution is 0.0997. The number of benzene rings is 1. The maximum atomic E-state index is 15.0. The van der Waals surface area contributed by atoms with Crippen LogP contribution in [0.1, 0.15) is 80.2 Å². The van der Waals surface area contributed by atoms with Crippen molar-refractivity contribution in [3.63, 3.8) is 0 Å². The van der Waals surface area contributed by atoms with Gasteiger partial charge in [0.15, 0.2) is 0 Å². The molecule has 1 saturated carbocycles. The molecule has 2 aliphatic rings. The van der Waals surface area contributed by atoms with Gasteiger partial charge in [-0.05, 0) is 55.6 Å². The van der Waals surface area contributed by atoms with Crippen LogP contribution in [0.15, 0.2) is 12.1 Å². The molecule has 1 aromatic carbocycles. The minimum atomic E-state index is -0.743. The number of carbonyl (C=O) groups is 1. The fourth-order valence-electron chi connectivity index (χ4n) is 4.88. The summed E-state index contributed by atoms with van der Waals surface area (Å²) in [5.41, 5.74) is 10.3. The summed E-state index contributed by atoms with van der Waals surface area (Å²) in [6.45, 7) is 6.64. The van der Waals surface area contributed by atoms with Gasteiger partial charge in [0.25, 0.3) is 5.91 Å². The minimum Gasteiger partial charge on any atom is -0.382 e. The number of nitrogens with two attached hydrogens (primary N) is 1. The first-order valence-corrected chi connectivity index (χ1v) is 10.8. The van der Waals surface area contributed by atoms with Gasteiger partial charge in [-0.1, -0.05) is 33.6 Å². The highest BCUT2D eigenvalue weighted by Crippen LogP contribution is 2.38. The Morgan fingerprint density at radius 2 is 2.07 bits per heavy atom. The normalized spacial score (nSPS) is 18.6. The molecule has 1 heterocycles. The van der Waals surface area contributed by atoms with E-state index in [9.17, 15) is 4.79 Å². The number of aryl methyl sites for hydroxylation is 1. The Hall–Kier alpha value is -2.37. The van der Waals surface area contributed by atoms with E-state index < -0.39 is 11.7 Å². The molecule has 1 amide bonds. The molecule has 1 aromatic heterocycles. The predicted molar refractivity (Wildman–Crippen MR) is 113 cm³/mol. The van der Waals surface area contributed by atoms with Crippen molar-refractivity contribution in [2.75, 3.05) is 5.32 Å². The molecule has 2 aliphatic carbocycles. The van der Waals surface area contributed by atoms with Gasteiger partial charge in [0.05, 0.1) is 22.6 Å². The van der Waals surface area contributed by atoms with Gasteiger partial charge in [0, 0.05) is 17.8 Å². The Bertz CT molecular complexity index is 941. The summed E-state index contributed by atoms with van der Waals surface area (Å²) in [4.78, 5) is 12.0. The van der Waals surface area contributed by atoms with Gasteiger partial charge >= 0.3 is 0 Å². The first kappa shape index (κ1) is 19.9. The summed E-state index contributed by atoms with van der Waals surface area (Å²) in [6.07, 6.45) is 8.22. The highest BCUT2D eigenvalue weighted by molar-refractivity contribution is 5.99.